The summed E-state index contributed by atoms with van der Waals surface area (Å²) in [6.07, 6.45) is 4.67. The smallest absolute Gasteiger partial charge is 0.334 e. The molecule has 118 valence electrons. The highest BCUT2D eigenvalue weighted by Crippen LogP contribution is 2.10. The standard InChI is InChI=1S/C17H26O4/c1-20-17(19)16(21-14-8-3-2-7-13-18)12-11-15-9-5-4-6-10-15/h4-6,9-10,16,18H,2-3,7-8,11-14H2,1H3. The lowest BCUT2D eigenvalue weighted by Gasteiger charge is -2.15. The van der Waals surface area contributed by atoms with Crippen LogP contribution in [0.15, 0.2) is 30.3 Å². The summed E-state index contributed by atoms with van der Waals surface area (Å²) in [5, 5.41) is 8.70. The number of benzene rings is 1. The third-order valence-corrected chi connectivity index (χ3v) is 3.37. The number of carbonyl (C=O) groups is 1. The Bertz CT molecular complexity index is 378. The molecule has 0 bridgehead atoms. The van der Waals surface area contributed by atoms with Crippen LogP contribution in [0.2, 0.25) is 0 Å². The van der Waals surface area contributed by atoms with E-state index in [0.717, 1.165) is 32.1 Å². The van der Waals surface area contributed by atoms with Crippen molar-refractivity contribution in [2.75, 3.05) is 20.3 Å². The van der Waals surface area contributed by atoms with Gasteiger partial charge in [0.15, 0.2) is 6.10 Å². The van der Waals surface area contributed by atoms with Crippen molar-refractivity contribution in [3.05, 3.63) is 35.9 Å². The average Bonchev–Trinajstić information content (AvgIpc) is 2.53. The summed E-state index contributed by atoms with van der Waals surface area (Å²) in [4.78, 5) is 11.7. The Morgan fingerprint density at radius 1 is 1.14 bits per heavy atom. The van der Waals surface area contributed by atoms with Crippen LogP contribution in [0.4, 0.5) is 0 Å². The van der Waals surface area contributed by atoms with Crippen molar-refractivity contribution in [3.8, 4) is 0 Å². The minimum absolute atomic E-state index is 0.239. The topological polar surface area (TPSA) is 55.8 Å². The number of rotatable bonds is 11. The predicted molar refractivity (Wildman–Crippen MR) is 82.1 cm³/mol. The molecular weight excluding hydrogens is 268 g/mol. The quantitative estimate of drug-likeness (QED) is 0.503. The van der Waals surface area contributed by atoms with E-state index in [1.165, 1.54) is 12.7 Å². The van der Waals surface area contributed by atoms with Gasteiger partial charge in [-0.2, -0.15) is 0 Å². The van der Waals surface area contributed by atoms with Crippen LogP contribution in [-0.4, -0.2) is 37.5 Å². The molecule has 0 saturated carbocycles. The van der Waals surface area contributed by atoms with Crippen molar-refractivity contribution in [2.24, 2.45) is 0 Å². The molecule has 0 fully saturated rings. The number of aryl methyl sites for hydroxylation is 1. The summed E-state index contributed by atoms with van der Waals surface area (Å²) >= 11 is 0. The van der Waals surface area contributed by atoms with E-state index in [2.05, 4.69) is 0 Å². The second kappa shape index (κ2) is 11.3. The Balaban J connectivity index is 2.29. The van der Waals surface area contributed by atoms with Crippen LogP contribution in [0.3, 0.4) is 0 Å². The molecule has 0 spiro atoms. The molecule has 0 aliphatic carbocycles. The molecule has 1 aromatic rings. The molecule has 1 N–H and O–H groups in total. The van der Waals surface area contributed by atoms with Crippen LogP contribution in [0, 0.1) is 0 Å². The molecule has 1 unspecified atom stereocenters. The molecule has 0 amide bonds. The van der Waals surface area contributed by atoms with Crippen LogP contribution >= 0.6 is 0 Å². The first-order valence-corrected chi connectivity index (χ1v) is 7.62. The molecule has 0 aliphatic rings. The van der Waals surface area contributed by atoms with Crippen LogP contribution in [0.5, 0.6) is 0 Å². The Hall–Kier alpha value is -1.39. The van der Waals surface area contributed by atoms with Gasteiger partial charge in [-0.3, -0.25) is 0 Å². The average molecular weight is 294 g/mol. The lowest BCUT2D eigenvalue weighted by molar-refractivity contribution is -0.154. The summed E-state index contributed by atoms with van der Waals surface area (Å²) in [6, 6.07) is 10.0. The van der Waals surface area contributed by atoms with Crippen molar-refractivity contribution in [3.63, 3.8) is 0 Å². The fourth-order valence-corrected chi connectivity index (χ4v) is 2.14. The van der Waals surface area contributed by atoms with E-state index < -0.39 is 6.10 Å². The molecule has 1 aromatic carbocycles. The zero-order valence-electron chi connectivity index (χ0n) is 12.8. The number of aliphatic hydroxyl groups is 1. The summed E-state index contributed by atoms with van der Waals surface area (Å²) in [7, 11) is 1.39. The van der Waals surface area contributed by atoms with Crippen LogP contribution < -0.4 is 0 Å². The Kier molecular flexibility index (Phi) is 9.49. The second-order valence-electron chi connectivity index (χ2n) is 5.04. The number of aliphatic hydroxyl groups excluding tert-OH is 1. The molecule has 0 aromatic heterocycles. The van der Waals surface area contributed by atoms with Gasteiger partial charge in [0.05, 0.1) is 7.11 Å². The molecule has 4 heteroatoms. The van der Waals surface area contributed by atoms with Crippen molar-refractivity contribution in [1.29, 1.82) is 0 Å². The summed E-state index contributed by atoms with van der Waals surface area (Å²) in [6.45, 7) is 0.794. The highest BCUT2D eigenvalue weighted by atomic mass is 16.6. The van der Waals surface area contributed by atoms with Gasteiger partial charge >= 0.3 is 5.97 Å². The molecule has 0 heterocycles. The minimum Gasteiger partial charge on any atom is -0.467 e. The molecule has 4 nitrogen and oxygen atoms in total. The third kappa shape index (κ3) is 7.83. The zero-order valence-corrected chi connectivity index (χ0v) is 12.8. The first kappa shape index (κ1) is 17.7. The van der Waals surface area contributed by atoms with Gasteiger partial charge in [0.1, 0.15) is 0 Å². The highest BCUT2D eigenvalue weighted by molar-refractivity contribution is 5.74. The van der Waals surface area contributed by atoms with Gasteiger partial charge in [-0.05, 0) is 31.2 Å². The van der Waals surface area contributed by atoms with E-state index in [1.807, 2.05) is 30.3 Å². The maximum absolute atomic E-state index is 11.7. The number of carbonyl (C=O) groups excluding carboxylic acids is 1. The molecule has 21 heavy (non-hydrogen) atoms. The molecular formula is C17H26O4. The van der Waals surface area contributed by atoms with Gasteiger partial charge < -0.3 is 14.6 Å². The van der Waals surface area contributed by atoms with Gasteiger partial charge in [0.25, 0.3) is 0 Å². The van der Waals surface area contributed by atoms with E-state index in [9.17, 15) is 4.79 Å². The van der Waals surface area contributed by atoms with Crippen LogP contribution in [0.1, 0.15) is 37.7 Å². The van der Waals surface area contributed by atoms with E-state index in [-0.39, 0.29) is 12.6 Å². The minimum atomic E-state index is -0.493. The van der Waals surface area contributed by atoms with E-state index in [1.54, 1.807) is 0 Å². The molecule has 1 atom stereocenters. The van der Waals surface area contributed by atoms with Crippen molar-refractivity contribution < 1.29 is 19.4 Å². The SMILES string of the molecule is COC(=O)C(CCc1ccccc1)OCCCCCCO. The molecule has 0 radical (unpaired) electrons. The third-order valence-electron chi connectivity index (χ3n) is 3.37. The maximum atomic E-state index is 11.7. The first-order chi connectivity index (χ1) is 10.3. The van der Waals surface area contributed by atoms with Gasteiger partial charge in [-0.1, -0.05) is 43.2 Å². The number of esters is 1. The number of unbranched alkanes of at least 4 members (excludes halogenated alkanes) is 3. The van der Waals surface area contributed by atoms with Gasteiger partial charge in [0, 0.05) is 13.2 Å². The van der Waals surface area contributed by atoms with Crippen molar-refractivity contribution >= 4 is 5.97 Å². The van der Waals surface area contributed by atoms with Crippen LogP contribution in [-0.2, 0) is 20.7 Å². The van der Waals surface area contributed by atoms with E-state index >= 15 is 0 Å². The molecule has 1 rings (SSSR count). The second-order valence-corrected chi connectivity index (χ2v) is 5.04. The van der Waals surface area contributed by atoms with Gasteiger partial charge in [-0.15, -0.1) is 0 Å². The van der Waals surface area contributed by atoms with Gasteiger partial charge in [-0.25, -0.2) is 4.79 Å². The van der Waals surface area contributed by atoms with Crippen molar-refractivity contribution in [1.82, 2.24) is 0 Å². The first-order valence-electron chi connectivity index (χ1n) is 7.62. The number of hydrogen-bond acceptors (Lipinski definition) is 4. The van der Waals surface area contributed by atoms with E-state index in [0.29, 0.717) is 13.0 Å². The molecule has 0 saturated heterocycles. The number of methoxy groups -OCH3 is 1. The zero-order chi connectivity index (χ0) is 15.3. The predicted octanol–water partition coefficient (Wildman–Crippen LogP) is 2.73. The Morgan fingerprint density at radius 2 is 1.86 bits per heavy atom. The highest BCUT2D eigenvalue weighted by Gasteiger charge is 2.19. The number of hydrogen-bond donors (Lipinski definition) is 1. The lowest BCUT2D eigenvalue weighted by Crippen LogP contribution is -2.26. The monoisotopic (exact) mass is 294 g/mol. The van der Waals surface area contributed by atoms with Crippen molar-refractivity contribution in [2.45, 2.75) is 44.6 Å². The molecule has 0 aliphatic heterocycles. The lowest BCUT2D eigenvalue weighted by atomic mass is 10.1. The summed E-state index contributed by atoms with van der Waals surface area (Å²) in [5.74, 6) is -0.304. The number of ether oxygens (including phenoxy) is 2. The van der Waals surface area contributed by atoms with Gasteiger partial charge in [0.2, 0.25) is 0 Å². The fourth-order valence-electron chi connectivity index (χ4n) is 2.14. The summed E-state index contributed by atoms with van der Waals surface area (Å²) < 4.78 is 10.5. The largest absolute Gasteiger partial charge is 0.467 e. The summed E-state index contributed by atoms with van der Waals surface area (Å²) in [5.41, 5.74) is 1.19. The Morgan fingerprint density at radius 3 is 2.52 bits per heavy atom. The van der Waals surface area contributed by atoms with E-state index in [4.69, 9.17) is 14.6 Å². The fraction of sp³-hybridized carbons (Fsp3) is 0.588. The Labute approximate surface area is 127 Å². The maximum Gasteiger partial charge on any atom is 0.334 e. The van der Waals surface area contributed by atoms with Crippen LogP contribution in [0.25, 0.3) is 0 Å². The normalized spacial score (nSPS) is 12.1.